The highest BCUT2D eigenvalue weighted by molar-refractivity contribution is 6.25. The Morgan fingerprint density at radius 2 is 0.762 bits per heavy atom. The fourth-order valence-corrected chi connectivity index (χ4v) is 9.89. The monoisotopic (exact) mass is 798 g/mol. The standard InChI is InChI=1S/C61H38N2/c62-39-40-26-32-48(33-27-40)63(59-25-11-17-43-14-3-6-20-52(43)59)49-34-30-45-36-44(28-29-46(45)37-49)47-31-35-57-58(38-47)61(54-24-10-16-42-13-2-5-19-51(42)54)56-22-8-7-21-55(56)60(57)53-23-9-15-41-12-1-4-18-50(41)53/h1-38H. The Balaban J connectivity index is 1.06. The largest absolute Gasteiger partial charge is 0.310 e. The van der Waals surface area contributed by atoms with Gasteiger partial charge in [-0.15, -0.1) is 0 Å². The summed E-state index contributed by atoms with van der Waals surface area (Å²) in [5, 5.41) is 24.2. The van der Waals surface area contributed by atoms with E-state index in [-0.39, 0.29) is 0 Å². The van der Waals surface area contributed by atoms with Crippen molar-refractivity contribution in [1.82, 2.24) is 0 Å². The minimum atomic E-state index is 0.638. The van der Waals surface area contributed by atoms with Gasteiger partial charge in [-0.25, -0.2) is 0 Å². The first-order valence-electron chi connectivity index (χ1n) is 21.5. The van der Waals surface area contributed by atoms with Crippen molar-refractivity contribution in [3.05, 3.63) is 236 Å². The lowest BCUT2D eigenvalue weighted by molar-refractivity contribution is 1.30. The van der Waals surface area contributed by atoms with Crippen molar-refractivity contribution in [1.29, 1.82) is 5.26 Å². The van der Waals surface area contributed by atoms with E-state index in [1.165, 1.54) is 87.2 Å². The molecule has 0 aliphatic rings. The van der Waals surface area contributed by atoms with Crippen LogP contribution >= 0.6 is 0 Å². The van der Waals surface area contributed by atoms with Gasteiger partial charge in [-0.2, -0.15) is 5.26 Å². The maximum Gasteiger partial charge on any atom is 0.0991 e. The minimum absolute atomic E-state index is 0.638. The molecule has 12 aromatic carbocycles. The van der Waals surface area contributed by atoms with Gasteiger partial charge in [-0.3, -0.25) is 0 Å². The third kappa shape index (κ3) is 6.10. The normalized spacial score (nSPS) is 11.5. The topological polar surface area (TPSA) is 27.0 Å². The van der Waals surface area contributed by atoms with E-state index in [4.69, 9.17) is 0 Å². The number of fused-ring (bicyclic) bond motifs is 6. The molecule has 2 nitrogen and oxygen atoms in total. The van der Waals surface area contributed by atoms with Crippen molar-refractivity contribution in [2.75, 3.05) is 4.90 Å². The van der Waals surface area contributed by atoms with Gasteiger partial charge in [0, 0.05) is 16.8 Å². The molecule has 292 valence electrons. The van der Waals surface area contributed by atoms with Crippen molar-refractivity contribution in [3.8, 4) is 39.4 Å². The molecule has 0 N–H and O–H groups in total. The average molecular weight is 799 g/mol. The highest BCUT2D eigenvalue weighted by atomic mass is 15.1. The van der Waals surface area contributed by atoms with Crippen LogP contribution in [0.4, 0.5) is 17.1 Å². The Bertz CT molecular complexity index is 3800. The summed E-state index contributed by atoms with van der Waals surface area (Å²) in [6.07, 6.45) is 0. The quantitative estimate of drug-likeness (QED) is 0.157. The zero-order valence-electron chi connectivity index (χ0n) is 34.3. The smallest absolute Gasteiger partial charge is 0.0991 e. The first kappa shape index (κ1) is 36.4. The van der Waals surface area contributed by atoms with Crippen LogP contribution in [-0.4, -0.2) is 0 Å². The van der Waals surface area contributed by atoms with Gasteiger partial charge in [-0.1, -0.05) is 176 Å². The Morgan fingerprint density at radius 3 is 1.41 bits per heavy atom. The molecular formula is C61H38N2. The third-order valence-electron chi connectivity index (χ3n) is 12.8. The van der Waals surface area contributed by atoms with Gasteiger partial charge in [0.2, 0.25) is 0 Å². The van der Waals surface area contributed by atoms with E-state index in [1.807, 2.05) is 24.3 Å². The molecule has 0 fully saturated rings. The van der Waals surface area contributed by atoms with Crippen LogP contribution in [0.15, 0.2) is 231 Å². The van der Waals surface area contributed by atoms with Crippen LogP contribution in [-0.2, 0) is 0 Å². The summed E-state index contributed by atoms with van der Waals surface area (Å²) in [5.41, 5.74) is 11.1. The number of nitriles is 1. The van der Waals surface area contributed by atoms with Crippen LogP contribution in [0, 0.1) is 11.3 Å². The summed E-state index contributed by atoms with van der Waals surface area (Å²) in [4.78, 5) is 2.30. The van der Waals surface area contributed by atoms with Crippen LogP contribution < -0.4 is 4.90 Å². The number of anilines is 3. The predicted octanol–water partition coefficient (Wildman–Crippen LogP) is 16.9. The van der Waals surface area contributed by atoms with E-state index in [1.54, 1.807) is 0 Å². The fraction of sp³-hybridized carbons (Fsp3) is 0. The lowest BCUT2D eigenvalue weighted by atomic mass is 9.83. The molecule has 0 radical (unpaired) electrons. The number of nitrogens with zero attached hydrogens (tertiary/aromatic N) is 2. The fourth-order valence-electron chi connectivity index (χ4n) is 9.89. The van der Waals surface area contributed by atoms with Gasteiger partial charge in [0.15, 0.2) is 0 Å². The predicted molar refractivity (Wildman–Crippen MR) is 267 cm³/mol. The Morgan fingerprint density at radius 1 is 0.302 bits per heavy atom. The average Bonchev–Trinajstić information content (AvgIpc) is 3.35. The van der Waals surface area contributed by atoms with Gasteiger partial charge < -0.3 is 4.90 Å². The third-order valence-corrected chi connectivity index (χ3v) is 12.8. The van der Waals surface area contributed by atoms with Crippen LogP contribution in [0.25, 0.3) is 98.0 Å². The van der Waals surface area contributed by atoms with Gasteiger partial charge in [0.1, 0.15) is 0 Å². The highest BCUT2D eigenvalue weighted by Gasteiger charge is 2.21. The molecule has 12 rings (SSSR count). The summed E-state index contributed by atoms with van der Waals surface area (Å²) >= 11 is 0. The molecule has 2 heteroatoms. The summed E-state index contributed by atoms with van der Waals surface area (Å²) in [7, 11) is 0. The maximum atomic E-state index is 9.59. The van der Waals surface area contributed by atoms with Gasteiger partial charge >= 0.3 is 0 Å². The summed E-state index contributed by atoms with van der Waals surface area (Å²) < 4.78 is 0. The molecule has 0 unspecified atom stereocenters. The highest BCUT2D eigenvalue weighted by Crippen LogP contribution is 2.48. The Kier molecular flexibility index (Phi) is 8.59. The second-order valence-corrected chi connectivity index (χ2v) is 16.3. The molecule has 0 heterocycles. The summed E-state index contributed by atoms with van der Waals surface area (Å²) in [5.74, 6) is 0. The number of rotatable bonds is 6. The molecule has 0 aromatic heterocycles. The maximum absolute atomic E-state index is 9.59. The second-order valence-electron chi connectivity index (χ2n) is 16.3. The van der Waals surface area contributed by atoms with E-state index in [9.17, 15) is 5.26 Å². The van der Waals surface area contributed by atoms with Crippen molar-refractivity contribution in [2.24, 2.45) is 0 Å². The lowest BCUT2D eigenvalue weighted by Crippen LogP contribution is -2.10. The van der Waals surface area contributed by atoms with Crippen molar-refractivity contribution in [3.63, 3.8) is 0 Å². The molecule has 12 aromatic rings. The molecule has 0 saturated heterocycles. The molecule has 0 aliphatic carbocycles. The van der Waals surface area contributed by atoms with E-state index in [0.717, 1.165) is 27.8 Å². The van der Waals surface area contributed by atoms with Crippen molar-refractivity contribution >= 4 is 81.7 Å². The lowest BCUT2D eigenvalue weighted by Gasteiger charge is -2.27. The number of hydrogen-bond donors (Lipinski definition) is 0. The van der Waals surface area contributed by atoms with E-state index >= 15 is 0 Å². The zero-order chi connectivity index (χ0) is 41.9. The van der Waals surface area contributed by atoms with Crippen molar-refractivity contribution < 1.29 is 0 Å². The Hall–Kier alpha value is -8.51. The van der Waals surface area contributed by atoms with Crippen molar-refractivity contribution in [2.45, 2.75) is 0 Å². The van der Waals surface area contributed by atoms with Gasteiger partial charge in [0.05, 0.1) is 17.3 Å². The summed E-state index contributed by atoms with van der Waals surface area (Å²) in [6, 6.07) is 85.6. The molecular weight excluding hydrogens is 761 g/mol. The Labute approximate surface area is 365 Å². The molecule has 63 heavy (non-hydrogen) atoms. The van der Waals surface area contributed by atoms with Crippen LogP contribution in [0.5, 0.6) is 0 Å². The van der Waals surface area contributed by atoms with Gasteiger partial charge in [0.25, 0.3) is 0 Å². The van der Waals surface area contributed by atoms with Crippen LogP contribution in [0.3, 0.4) is 0 Å². The van der Waals surface area contributed by atoms with Crippen LogP contribution in [0.2, 0.25) is 0 Å². The van der Waals surface area contributed by atoms with E-state index < -0.39 is 0 Å². The number of benzene rings is 12. The molecule has 0 bridgehead atoms. The van der Waals surface area contributed by atoms with E-state index in [2.05, 4.69) is 217 Å². The summed E-state index contributed by atoms with van der Waals surface area (Å²) in [6.45, 7) is 0. The first-order valence-corrected chi connectivity index (χ1v) is 21.5. The van der Waals surface area contributed by atoms with E-state index in [0.29, 0.717) is 5.56 Å². The molecule has 0 saturated carbocycles. The molecule has 0 spiro atoms. The molecule has 0 amide bonds. The second kappa shape index (κ2) is 14.9. The number of hydrogen-bond acceptors (Lipinski definition) is 2. The first-order chi connectivity index (χ1) is 31.2. The van der Waals surface area contributed by atoms with Gasteiger partial charge in [-0.05, 0) is 147 Å². The zero-order valence-corrected chi connectivity index (χ0v) is 34.3. The van der Waals surface area contributed by atoms with Crippen LogP contribution in [0.1, 0.15) is 5.56 Å². The molecule has 0 aliphatic heterocycles. The minimum Gasteiger partial charge on any atom is -0.310 e. The molecule has 0 atom stereocenters. The SMILES string of the molecule is N#Cc1ccc(N(c2ccc3cc(-c4ccc5c(-c6cccc7ccccc67)c6ccccc6c(-c6cccc7ccccc67)c5c4)ccc3c2)c2cccc3ccccc23)cc1.